The first-order valence-electron chi connectivity index (χ1n) is 7.39. The molecule has 0 radical (unpaired) electrons. The number of nitrogens with zero attached hydrogens (tertiary/aromatic N) is 1. The zero-order valence-electron chi connectivity index (χ0n) is 13.4. The highest BCUT2D eigenvalue weighted by Crippen LogP contribution is 2.27. The largest absolute Gasteiger partial charge is 0.405 e. The number of hydrogen-bond acceptors (Lipinski definition) is 4. The molecule has 1 aromatic rings. The third-order valence-corrected chi connectivity index (χ3v) is 5.96. The average molecular weight is 422 g/mol. The molecule has 1 fully saturated rings. The Bertz CT molecular complexity index is 680. The number of alkyl halides is 3. The van der Waals surface area contributed by atoms with Crippen molar-refractivity contribution in [2.45, 2.75) is 24.0 Å². The van der Waals surface area contributed by atoms with E-state index < -0.39 is 28.8 Å². The normalized spacial score (nSPS) is 17.8. The predicted molar refractivity (Wildman–Crippen MR) is 92.9 cm³/mol. The third kappa shape index (κ3) is 5.70. The number of hydrogen-bond donors (Lipinski definition) is 2. The van der Waals surface area contributed by atoms with Gasteiger partial charge in [0.2, 0.25) is 10.0 Å². The molecule has 144 valence electrons. The van der Waals surface area contributed by atoms with Crippen LogP contribution >= 0.6 is 24.0 Å². The van der Waals surface area contributed by atoms with Crippen molar-refractivity contribution >= 4 is 34.0 Å². The lowest BCUT2D eigenvalue weighted by Crippen LogP contribution is -2.57. The molecular weight excluding hydrogens is 402 g/mol. The Morgan fingerprint density at radius 1 is 1.32 bits per heavy atom. The zero-order chi connectivity index (χ0) is 18.0. The summed E-state index contributed by atoms with van der Waals surface area (Å²) in [4.78, 5) is 1.02. The minimum atomic E-state index is -4.53. The molecule has 0 spiro atoms. The van der Waals surface area contributed by atoms with Crippen LogP contribution in [0.15, 0.2) is 23.1 Å². The van der Waals surface area contributed by atoms with Gasteiger partial charge in [0.05, 0.1) is 5.02 Å². The monoisotopic (exact) mass is 421 g/mol. The molecule has 0 amide bonds. The van der Waals surface area contributed by atoms with Gasteiger partial charge in [-0.3, -0.25) is 4.90 Å². The molecule has 1 atom stereocenters. The molecule has 5 nitrogen and oxygen atoms in total. The Morgan fingerprint density at radius 2 is 1.92 bits per heavy atom. The minimum absolute atomic E-state index is 0. The van der Waals surface area contributed by atoms with Crippen LogP contribution in [0.5, 0.6) is 0 Å². The highest BCUT2D eigenvalue weighted by Gasteiger charge is 2.44. The van der Waals surface area contributed by atoms with E-state index in [1.165, 1.54) is 17.0 Å². The Hall–Kier alpha value is -0.580. The highest BCUT2D eigenvalue weighted by molar-refractivity contribution is 7.89. The van der Waals surface area contributed by atoms with E-state index in [-0.39, 0.29) is 35.4 Å². The molecule has 11 heteroatoms. The van der Waals surface area contributed by atoms with E-state index in [1.54, 1.807) is 13.0 Å². The molecule has 1 aliphatic rings. The number of piperazine rings is 1. The van der Waals surface area contributed by atoms with Gasteiger partial charge in [0.1, 0.15) is 10.9 Å². The number of halogens is 5. The molecule has 2 rings (SSSR count). The summed E-state index contributed by atoms with van der Waals surface area (Å²) in [6, 6.07) is 2.51. The lowest BCUT2D eigenvalue weighted by molar-refractivity contribution is -0.182. The maximum atomic E-state index is 13.3. The van der Waals surface area contributed by atoms with E-state index in [1.807, 2.05) is 0 Å². The lowest BCUT2D eigenvalue weighted by Gasteiger charge is -2.35. The Kier molecular flexibility index (Phi) is 7.97. The van der Waals surface area contributed by atoms with Crippen LogP contribution in [0, 0.1) is 6.92 Å². The molecule has 1 aliphatic heterocycles. The van der Waals surface area contributed by atoms with Gasteiger partial charge in [-0.25, -0.2) is 13.1 Å². The fourth-order valence-corrected chi connectivity index (χ4v) is 4.16. The molecule has 1 unspecified atom stereocenters. The van der Waals surface area contributed by atoms with Crippen LogP contribution in [0.3, 0.4) is 0 Å². The van der Waals surface area contributed by atoms with Crippen molar-refractivity contribution in [3.63, 3.8) is 0 Å². The molecular formula is C14H20Cl2F3N3O2S. The average Bonchev–Trinajstić information content (AvgIpc) is 2.49. The van der Waals surface area contributed by atoms with Gasteiger partial charge in [0, 0.05) is 32.7 Å². The first-order chi connectivity index (χ1) is 11.1. The van der Waals surface area contributed by atoms with E-state index in [2.05, 4.69) is 10.0 Å². The topological polar surface area (TPSA) is 61.4 Å². The smallest absolute Gasteiger partial charge is 0.314 e. The Labute approximate surface area is 156 Å². The van der Waals surface area contributed by atoms with Crippen molar-refractivity contribution < 1.29 is 21.6 Å². The number of benzene rings is 1. The van der Waals surface area contributed by atoms with Crippen molar-refractivity contribution in [3.05, 3.63) is 28.8 Å². The summed E-state index contributed by atoms with van der Waals surface area (Å²) in [7, 11) is -4.13. The SMILES string of the molecule is Cc1cccc(S(=O)(=O)NCC(N2CCNCC2)C(F)(F)F)c1Cl.Cl. The number of aryl methyl sites for hydroxylation is 1. The van der Waals surface area contributed by atoms with Crippen LogP contribution in [0.25, 0.3) is 0 Å². The summed E-state index contributed by atoms with van der Waals surface area (Å²) in [5.41, 5.74) is 0.536. The fraction of sp³-hybridized carbons (Fsp3) is 0.571. The summed E-state index contributed by atoms with van der Waals surface area (Å²) in [6.07, 6.45) is -4.53. The van der Waals surface area contributed by atoms with Gasteiger partial charge >= 0.3 is 6.18 Å². The van der Waals surface area contributed by atoms with Gasteiger partial charge in [-0.2, -0.15) is 13.2 Å². The molecule has 25 heavy (non-hydrogen) atoms. The maximum absolute atomic E-state index is 13.3. The van der Waals surface area contributed by atoms with E-state index >= 15 is 0 Å². The predicted octanol–water partition coefficient (Wildman–Crippen LogP) is 2.18. The second kappa shape index (κ2) is 8.88. The van der Waals surface area contributed by atoms with Crippen molar-refractivity contribution in [1.29, 1.82) is 0 Å². The molecule has 1 heterocycles. The second-order valence-electron chi connectivity index (χ2n) is 5.58. The number of sulfonamides is 1. The number of nitrogens with one attached hydrogen (secondary N) is 2. The standard InChI is InChI=1S/C14H19ClF3N3O2S.ClH/c1-10-3-2-4-11(13(10)15)24(22,23)20-9-12(14(16,17)18)21-7-5-19-6-8-21;/h2-4,12,19-20H,5-9H2,1H3;1H. The van der Waals surface area contributed by atoms with Crippen LogP contribution in [-0.2, 0) is 10.0 Å². The Balaban J connectivity index is 0.00000312. The minimum Gasteiger partial charge on any atom is -0.314 e. The molecule has 1 aromatic carbocycles. The maximum Gasteiger partial charge on any atom is 0.405 e. The molecule has 0 bridgehead atoms. The van der Waals surface area contributed by atoms with E-state index in [0.717, 1.165) is 0 Å². The molecule has 2 N–H and O–H groups in total. The summed E-state index contributed by atoms with van der Waals surface area (Å²) in [5.74, 6) is 0. The Morgan fingerprint density at radius 3 is 2.48 bits per heavy atom. The van der Waals surface area contributed by atoms with Crippen molar-refractivity contribution in [1.82, 2.24) is 14.9 Å². The van der Waals surface area contributed by atoms with Gasteiger partial charge < -0.3 is 5.32 Å². The highest BCUT2D eigenvalue weighted by atomic mass is 35.5. The van der Waals surface area contributed by atoms with Gasteiger partial charge in [0.15, 0.2) is 0 Å². The summed E-state index contributed by atoms with van der Waals surface area (Å²) in [5, 5.41) is 2.98. The van der Waals surface area contributed by atoms with Gasteiger partial charge in [0.25, 0.3) is 0 Å². The van der Waals surface area contributed by atoms with E-state index in [4.69, 9.17) is 11.6 Å². The lowest BCUT2D eigenvalue weighted by atomic mass is 10.2. The third-order valence-electron chi connectivity index (χ3n) is 3.88. The van der Waals surface area contributed by atoms with Crippen LogP contribution in [0.1, 0.15) is 5.56 Å². The molecule has 1 saturated heterocycles. The van der Waals surface area contributed by atoms with Crippen LogP contribution in [-0.4, -0.2) is 58.3 Å². The van der Waals surface area contributed by atoms with Gasteiger partial charge in [-0.1, -0.05) is 23.7 Å². The van der Waals surface area contributed by atoms with E-state index in [0.29, 0.717) is 18.7 Å². The van der Waals surface area contributed by atoms with Crippen LogP contribution in [0.4, 0.5) is 13.2 Å². The molecule has 0 saturated carbocycles. The first-order valence-corrected chi connectivity index (χ1v) is 9.25. The molecule has 0 aliphatic carbocycles. The van der Waals surface area contributed by atoms with Gasteiger partial charge in [-0.05, 0) is 18.6 Å². The van der Waals surface area contributed by atoms with Gasteiger partial charge in [-0.15, -0.1) is 12.4 Å². The quantitative estimate of drug-likeness (QED) is 0.764. The van der Waals surface area contributed by atoms with Crippen molar-refractivity contribution in [2.24, 2.45) is 0 Å². The second-order valence-corrected chi connectivity index (χ2v) is 7.70. The zero-order valence-corrected chi connectivity index (χ0v) is 15.8. The summed E-state index contributed by atoms with van der Waals surface area (Å²) >= 11 is 5.97. The first kappa shape index (κ1) is 22.5. The van der Waals surface area contributed by atoms with E-state index in [9.17, 15) is 21.6 Å². The summed E-state index contributed by atoms with van der Waals surface area (Å²) < 4.78 is 66.6. The van der Waals surface area contributed by atoms with Crippen LogP contribution < -0.4 is 10.0 Å². The molecule has 0 aromatic heterocycles. The van der Waals surface area contributed by atoms with Crippen LogP contribution in [0.2, 0.25) is 5.02 Å². The van der Waals surface area contributed by atoms with Crippen molar-refractivity contribution in [2.75, 3.05) is 32.7 Å². The summed E-state index contributed by atoms with van der Waals surface area (Å²) in [6.45, 7) is 2.15. The number of rotatable bonds is 5. The van der Waals surface area contributed by atoms with Crippen molar-refractivity contribution in [3.8, 4) is 0 Å². The fourth-order valence-electron chi connectivity index (χ4n) is 2.54.